The molecule has 0 radical (unpaired) electrons. The van der Waals surface area contributed by atoms with E-state index in [9.17, 15) is 9.59 Å². The predicted molar refractivity (Wildman–Crippen MR) is 145 cm³/mol. The summed E-state index contributed by atoms with van der Waals surface area (Å²) in [6.45, 7) is 7.35. The molecule has 2 aromatic carbocycles. The van der Waals surface area contributed by atoms with Crippen LogP contribution in [0.5, 0.6) is 0 Å². The number of aromatic amines is 2. The van der Waals surface area contributed by atoms with Gasteiger partial charge in [-0.2, -0.15) is 0 Å². The normalized spacial score (nSPS) is 13.9. The molecule has 3 heterocycles. The molecule has 1 saturated carbocycles. The summed E-state index contributed by atoms with van der Waals surface area (Å²) in [5, 5.41) is 14.3. The zero-order valence-electron chi connectivity index (χ0n) is 21.7. The van der Waals surface area contributed by atoms with E-state index in [0.29, 0.717) is 42.4 Å². The molecule has 1 aliphatic rings. The third kappa shape index (κ3) is 4.69. The molecule has 10 nitrogen and oxygen atoms in total. The number of benzene rings is 2. The van der Waals surface area contributed by atoms with Crippen LogP contribution in [0.25, 0.3) is 33.7 Å². The second-order valence-corrected chi connectivity index (χ2v) is 11.3. The number of imidazole rings is 1. The maximum atomic E-state index is 13.6. The Labute approximate surface area is 218 Å². The molecule has 1 fully saturated rings. The maximum absolute atomic E-state index is 13.6. The first-order valence-electron chi connectivity index (χ1n) is 12.9. The minimum absolute atomic E-state index is 0.0460. The van der Waals surface area contributed by atoms with Crippen LogP contribution in [0.4, 0.5) is 0 Å². The first-order valence-corrected chi connectivity index (χ1v) is 12.9. The van der Waals surface area contributed by atoms with Gasteiger partial charge in [0.1, 0.15) is 5.82 Å². The van der Waals surface area contributed by atoms with Crippen LogP contribution >= 0.6 is 0 Å². The Morgan fingerprint density at radius 1 is 0.974 bits per heavy atom. The number of nitrogens with zero attached hydrogens (tertiary/aromatic N) is 6. The lowest BCUT2D eigenvalue weighted by Crippen LogP contribution is -2.36. The van der Waals surface area contributed by atoms with Gasteiger partial charge in [0.05, 0.1) is 0 Å². The molecule has 2 N–H and O–H groups in total. The van der Waals surface area contributed by atoms with Gasteiger partial charge in [-0.15, -0.1) is 5.10 Å². The number of rotatable bonds is 7. The summed E-state index contributed by atoms with van der Waals surface area (Å²) in [6, 6.07) is 16.2. The van der Waals surface area contributed by atoms with E-state index in [1.807, 2.05) is 28.8 Å². The zero-order valence-corrected chi connectivity index (χ0v) is 21.7. The lowest BCUT2D eigenvalue weighted by Gasteiger charge is -2.19. The van der Waals surface area contributed by atoms with Crippen molar-refractivity contribution in [3.63, 3.8) is 0 Å². The molecule has 0 spiro atoms. The fourth-order valence-electron chi connectivity index (χ4n) is 4.88. The van der Waals surface area contributed by atoms with Crippen molar-refractivity contribution in [2.45, 2.75) is 53.1 Å². The molecule has 0 saturated heterocycles. The number of nitrogens with one attached hydrogen (secondary N) is 2. The lowest BCUT2D eigenvalue weighted by molar-refractivity contribution is 0.394. The highest BCUT2D eigenvalue weighted by atomic mass is 16.2. The molecule has 38 heavy (non-hydrogen) atoms. The summed E-state index contributed by atoms with van der Waals surface area (Å²) in [5.74, 6) is 1.80. The van der Waals surface area contributed by atoms with Crippen LogP contribution in [0, 0.1) is 11.3 Å². The number of aromatic nitrogens is 8. The molecule has 0 bridgehead atoms. The van der Waals surface area contributed by atoms with Crippen LogP contribution < -0.4 is 11.2 Å². The maximum Gasteiger partial charge on any atom is 0.330 e. The second-order valence-electron chi connectivity index (χ2n) is 11.3. The minimum Gasteiger partial charge on any atom is -0.318 e. The van der Waals surface area contributed by atoms with Crippen molar-refractivity contribution in [2.75, 3.05) is 0 Å². The van der Waals surface area contributed by atoms with Crippen molar-refractivity contribution in [1.29, 1.82) is 0 Å². The van der Waals surface area contributed by atoms with E-state index in [4.69, 9.17) is 4.98 Å². The summed E-state index contributed by atoms with van der Waals surface area (Å²) < 4.78 is 3.32. The van der Waals surface area contributed by atoms with Gasteiger partial charge >= 0.3 is 5.69 Å². The number of tetrazole rings is 1. The number of fused-ring (bicyclic) bond motifs is 1. The highest BCUT2D eigenvalue weighted by Gasteiger charge is 2.26. The van der Waals surface area contributed by atoms with E-state index in [2.05, 4.69) is 70.6 Å². The molecule has 0 aliphatic heterocycles. The molecule has 3 aromatic heterocycles. The van der Waals surface area contributed by atoms with Gasteiger partial charge in [-0.3, -0.25) is 14.3 Å². The van der Waals surface area contributed by atoms with Crippen LogP contribution in [0.3, 0.4) is 0 Å². The summed E-state index contributed by atoms with van der Waals surface area (Å²) in [6.07, 6.45) is 2.78. The zero-order chi connectivity index (χ0) is 26.4. The first-order chi connectivity index (χ1) is 18.3. The van der Waals surface area contributed by atoms with Crippen LogP contribution in [-0.2, 0) is 19.5 Å². The highest BCUT2D eigenvalue weighted by Crippen LogP contribution is 2.31. The predicted octanol–water partition coefficient (Wildman–Crippen LogP) is 3.78. The van der Waals surface area contributed by atoms with Crippen molar-refractivity contribution in [3.05, 3.63) is 80.8 Å². The SMILES string of the molecule is CC(C)(C)Cc1nc2[nH]c(=O)n(CC3CC3)c(=O)c2n1Cc1ccc(-c2ccccc2-c2nnn[nH]2)cc1. The van der Waals surface area contributed by atoms with Crippen LogP contribution in [0.15, 0.2) is 58.1 Å². The number of H-pyrrole nitrogens is 2. The third-order valence-corrected chi connectivity index (χ3v) is 6.92. The Bertz CT molecular complexity index is 1720. The van der Waals surface area contributed by atoms with E-state index in [-0.39, 0.29) is 16.7 Å². The van der Waals surface area contributed by atoms with Crippen molar-refractivity contribution < 1.29 is 0 Å². The molecule has 6 rings (SSSR count). The van der Waals surface area contributed by atoms with E-state index in [1.165, 1.54) is 4.57 Å². The monoisotopic (exact) mass is 510 g/mol. The molecule has 194 valence electrons. The van der Waals surface area contributed by atoms with Crippen molar-refractivity contribution in [2.24, 2.45) is 11.3 Å². The third-order valence-electron chi connectivity index (χ3n) is 6.92. The topological polar surface area (TPSA) is 127 Å². The van der Waals surface area contributed by atoms with E-state index >= 15 is 0 Å². The van der Waals surface area contributed by atoms with Gasteiger partial charge < -0.3 is 4.57 Å². The Morgan fingerprint density at radius 2 is 1.71 bits per heavy atom. The van der Waals surface area contributed by atoms with Crippen LogP contribution in [0.1, 0.15) is 45.0 Å². The second kappa shape index (κ2) is 9.20. The van der Waals surface area contributed by atoms with Gasteiger partial charge in [0.15, 0.2) is 17.0 Å². The average Bonchev–Trinajstić information content (AvgIpc) is 3.42. The average molecular weight is 511 g/mol. The molecule has 1 aliphatic carbocycles. The van der Waals surface area contributed by atoms with Gasteiger partial charge in [0.25, 0.3) is 5.56 Å². The van der Waals surface area contributed by atoms with Gasteiger partial charge in [-0.1, -0.05) is 69.3 Å². The van der Waals surface area contributed by atoms with Crippen molar-refractivity contribution in [1.82, 2.24) is 39.7 Å². The first kappa shape index (κ1) is 24.0. The van der Waals surface area contributed by atoms with E-state index in [1.54, 1.807) is 0 Å². The minimum atomic E-state index is -0.383. The number of hydrogen-bond acceptors (Lipinski definition) is 6. The Morgan fingerprint density at radius 3 is 2.37 bits per heavy atom. The molecular formula is C28H30N8O2. The van der Waals surface area contributed by atoms with E-state index in [0.717, 1.165) is 40.9 Å². The summed E-state index contributed by atoms with van der Waals surface area (Å²) in [5.41, 5.74) is 4.10. The Kier molecular flexibility index (Phi) is 5.81. The summed E-state index contributed by atoms with van der Waals surface area (Å²) >= 11 is 0. The van der Waals surface area contributed by atoms with Gasteiger partial charge in [-0.25, -0.2) is 14.9 Å². The molecular weight excluding hydrogens is 480 g/mol. The lowest BCUT2D eigenvalue weighted by atomic mass is 9.92. The standard InChI is InChI=1S/C28H30N8O2/c1-28(2,3)14-22-29-25-23(26(37)36(27(38)30-25)16-17-8-9-17)35(22)15-18-10-12-19(13-11-18)20-6-4-5-7-21(20)24-31-33-34-32-24/h4-7,10-13,17H,8-9,14-16H2,1-3H3,(H,30,38)(H,31,32,33,34). The summed E-state index contributed by atoms with van der Waals surface area (Å²) in [4.78, 5) is 33.9. The quantitative estimate of drug-likeness (QED) is 0.343. The molecule has 5 aromatic rings. The smallest absolute Gasteiger partial charge is 0.318 e. The van der Waals surface area contributed by atoms with Crippen molar-refractivity contribution >= 4 is 11.2 Å². The summed E-state index contributed by atoms with van der Waals surface area (Å²) in [7, 11) is 0. The fraction of sp³-hybridized carbons (Fsp3) is 0.357. The molecule has 0 amide bonds. The van der Waals surface area contributed by atoms with Crippen LogP contribution in [0.2, 0.25) is 0 Å². The van der Waals surface area contributed by atoms with Crippen molar-refractivity contribution in [3.8, 4) is 22.5 Å². The van der Waals surface area contributed by atoms with Gasteiger partial charge in [-0.05, 0) is 51.3 Å². The highest BCUT2D eigenvalue weighted by molar-refractivity contribution is 5.80. The van der Waals surface area contributed by atoms with Crippen LogP contribution in [-0.4, -0.2) is 39.7 Å². The molecule has 0 atom stereocenters. The molecule has 0 unspecified atom stereocenters. The Balaban J connectivity index is 1.40. The fourth-order valence-corrected chi connectivity index (χ4v) is 4.88. The largest absolute Gasteiger partial charge is 0.330 e. The number of hydrogen-bond donors (Lipinski definition) is 2. The van der Waals surface area contributed by atoms with E-state index < -0.39 is 0 Å². The van der Waals surface area contributed by atoms with Gasteiger partial charge in [0.2, 0.25) is 0 Å². The van der Waals surface area contributed by atoms with Gasteiger partial charge in [0, 0.05) is 25.1 Å². The Hall–Kier alpha value is -4.34. The molecule has 10 heteroatoms.